The molecule has 1 aliphatic rings. The zero-order valence-electron chi connectivity index (χ0n) is 10.5. The third kappa shape index (κ3) is 5.16. The van der Waals surface area contributed by atoms with Crippen molar-refractivity contribution in [1.29, 1.82) is 0 Å². The van der Waals surface area contributed by atoms with Crippen molar-refractivity contribution in [2.75, 3.05) is 19.8 Å². The number of allylic oxidation sites excluding steroid dienone is 2. The number of carboxylic acid groups (broad SMARTS) is 1. The maximum atomic E-state index is 10.3. The third-order valence-corrected chi connectivity index (χ3v) is 3.30. The fraction of sp³-hybridized carbons (Fsp3) is 0.769. The van der Waals surface area contributed by atoms with Crippen LogP contribution in [0.3, 0.4) is 0 Å². The van der Waals surface area contributed by atoms with Crippen molar-refractivity contribution in [2.45, 2.75) is 31.8 Å². The van der Waals surface area contributed by atoms with Gasteiger partial charge in [0, 0.05) is 12.3 Å². The minimum atomic E-state index is -0.765. The first-order chi connectivity index (χ1) is 8.65. The van der Waals surface area contributed by atoms with Gasteiger partial charge < -0.3 is 20.1 Å². The lowest BCUT2D eigenvalue weighted by Crippen LogP contribution is -2.29. The van der Waals surface area contributed by atoms with E-state index in [1.54, 1.807) is 0 Å². The first-order valence-electron chi connectivity index (χ1n) is 6.38. The minimum Gasteiger partial charge on any atom is -0.481 e. The molecule has 0 aromatic heterocycles. The molecule has 1 fully saturated rings. The molecule has 0 aromatic rings. The molecule has 1 aliphatic heterocycles. The second-order valence-corrected chi connectivity index (χ2v) is 4.70. The Balaban J connectivity index is 2.21. The molecule has 5 nitrogen and oxygen atoms in total. The van der Waals surface area contributed by atoms with Crippen LogP contribution >= 0.6 is 0 Å². The molecule has 3 N–H and O–H groups in total. The third-order valence-electron chi connectivity index (χ3n) is 3.30. The van der Waals surface area contributed by atoms with Gasteiger partial charge in [-0.1, -0.05) is 12.2 Å². The van der Waals surface area contributed by atoms with E-state index in [0.29, 0.717) is 19.6 Å². The van der Waals surface area contributed by atoms with Gasteiger partial charge in [-0.3, -0.25) is 4.79 Å². The molecule has 5 heteroatoms. The van der Waals surface area contributed by atoms with E-state index in [1.807, 2.05) is 12.2 Å². The molecule has 104 valence electrons. The topological polar surface area (TPSA) is 87.0 Å². The zero-order chi connectivity index (χ0) is 13.4. The Hall–Kier alpha value is -0.910. The second-order valence-electron chi connectivity index (χ2n) is 4.70. The molecule has 0 radical (unpaired) electrons. The van der Waals surface area contributed by atoms with Gasteiger partial charge in [0.25, 0.3) is 0 Å². The van der Waals surface area contributed by atoms with E-state index in [1.165, 1.54) is 0 Å². The quantitative estimate of drug-likeness (QED) is 0.443. The maximum Gasteiger partial charge on any atom is 0.303 e. The fourth-order valence-corrected chi connectivity index (χ4v) is 2.18. The van der Waals surface area contributed by atoms with Crippen molar-refractivity contribution in [3.8, 4) is 0 Å². The van der Waals surface area contributed by atoms with Gasteiger partial charge in [0.1, 0.15) is 0 Å². The Morgan fingerprint density at radius 3 is 2.83 bits per heavy atom. The number of rotatable bonds is 8. The van der Waals surface area contributed by atoms with Gasteiger partial charge in [-0.25, -0.2) is 0 Å². The van der Waals surface area contributed by atoms with Crippen LogP contribution in [0.1, 0.15) is 25.7 Å². The number of carboxylic acids is 1. The van der Waals surface area contributed by atoms with Gasteiger partial charge >= 0.3 is 5.97 Å². The van der Waals surface area contributed by atoms with Crippen LogP contribution in [-0.4, -0.2) is 47.2 Å². The lowest BCUT2D eigenvalue weighted by atomic mass is 9.88. The summed E-state index contributed by atoms with van der Waals surface area (Å²) in [7, 11) is 0. The van der Waals surface area contributed by atoms with Crippen LogP contribution < -0.4 is 0 Å². The average molecular weight is 258 g/mol. The molecule has 0 amide bonds. The second kappa shape index (κ2) is 8.24. The van der Waals surface area contributed by atoms with E-state index in [4.69, 9.17) is 14.9 Å². The van der Waals surface area contributed by atoms with Gasteiger partial charge in [0.2, 0.25) is 0 Å². The SMILES string of the molecule is O=C(O)CCC/C=C\C[C@H]1COC[C@H]1[C@H](O)CO. The summed E-state index contributed by atoms with van der Waals surface area (Å²) in [6.07, 6.45) is 5.68. The summed E-state index contributed by atoms with van der Waals surface area (Å²) in [5.41, 5.74) is 0. The standard InChI is InChI=1S/C13H22O5/c14-7-12(15)11-9-18-8-10(11)5-3-1-2-4-6-13(16)17/h1,3,10-12,14-15H,2,4-9H2,(H,16,17)/b3-1-/t10-,11+,12+/m0/s1. The number of ether oxygens (including phenoxy) is 1. The van der Waals surface area contributed by atoms with Crippen molar-refractivity contribution >= 4 is 5.97 Å². The van der Waals surface area contributed by atoms with Crippen molar-refractivity contribution in [2.24, 2.45) is 11.8 Å². The molecule has 3 atom stereocenters. The van der Waals surface area contributed by atoms with Gasteiger partial charge in [-0.15, -0.1) is 0 Å². The Bertz CT molecular complexity index is 277. The molecule has 1 saturated heterocycles. The van der Waals surface area contributed by atoms with Crippen LogP contribution in [0.5, 0.6) is 0 Å². The number of aliphatic hydroxyl groups is 2. The van der Waals surface area contributed by atoms with E-state index in [9.17, 15) is 9.90 Å². The zero-order valence-corrected chi connectivity index (χ0v) is 10.5. The van der Waals surface area contributed by atoms with Crippen LogP contribution in [0.2, 0.25) is 0 Å². The molecule has 0 bridgehead atoms. The van der Waals surface area contributed by atoms with E-state index < -0.39 is 12.1 Å². The van der Waals surface area contributed by atoms with Crippen molar-refractivity contribution < 1.29 is 24.9 Å². The molecule has 18 heavy (non-hydrogen) atoms. The van der Waals surface area contributed by atoms with E-state index >= 15 is 0 Å². The van der Waals surface area contributed by atoms with Gasteiger partial charge in [-0.05, 0) is 25.2 Å². The molecule has 0 aliphatic carbocycles. The summed E-state index contributed by atoms with van der Waals surface area (Å²) in [5.74, 6) is -0.528. The minimum absolute atomic E-state index is 0.00123. The molecule has 0 aromatic carbocycles. The van der Waals surface area contributed by atoms with Crippen LogP contribution in [0, 0.1) is 11.8 Å². The summed E-state index contributed by atoms with van der Waals surface area (Å²) in [6.45, 7) is 0.882. The van der Waals surface area contributed by atoms with Crippen molar-refractivity contribution in [3.63, 3.8) is 0 Å². The highest BCUT2D eigenvalue weighted by Crippen LogP contribution is 2.27. The smallest absolute Gasteiger partial charge is 0.303 e. The Morgan fingerprint density at radius 1 is 1.39 bits per heavy atom. The van der Waals surface area contributed by atoms with Crippen LogP contribution in [0.4, 0.5) is 0 Å². The first-order valence-corrected chi connectivity index (χ1v) is 6.38. The number of aliphatic hydroxyl groups excluding tert-OH is 2. The molecule has 1 rings (SSSR count). The summed E-state index contributed by atoms with van der Waals surface area (Å²) in [6, 6.07) is 0. The van der Waals surface area contributed by atoms with E-state index in [-0.39, 0.29) is 24.9 Å². The number of aliphatic carboxylic acids is 1. The first kappa shape index (κ1) is 15.1. The Kier molecular flexibility index (Phi) is 6.93. The van der Waals surface area contributed by atoms with Crippen molar-refractivity contribution in [1.82, 2.24) is 0 Å². The average Bonchev–Trinajstić information content (AvgIpc) is 2.80. The Labute approximate surface area is 107 Å². The largest absolute Gasteiger partial charge is 0.481 e. The summed E-state index contributed by atoms with van der Waals surface area (Å²) in [4.78, 5) is 10.3. The number of hydrogen-bond donors (Lipinski definition) is 3. The lowest BCUT2D eigenvalue weighted by Gasteiger charge is -2.20. The number of unbranched alkanes of at least 4 members (excludes halogenated alkanes) is 1. The van der Waals surface area contributed by atoms with Gasteiger partial charge in [0.05, 0.1) is 25.9 Å². The van der Waals surface area contributed by atoms with Crippen molar-refractivity contribution in [3.05, 3.63) is 12.2 Å². The lowest BCUT2D eigenvalue weighted by molar-refractivity contribution is -0.137. The van der Waals surface area contributed by atoms with E-state index in [2.05, 4.69) is 0 Å². The number of carbonyl (C=O) groups is 1. The van der Waals surface area contributed by atoms with Crippen LogP contribution in [0.15, 0.2) is 12.2 Å². The van der Waals surface area contributed by atoms with Gasteiger partial charge in [0.15, 0.2) is 0 Å². The summed E-state index contributed by atoms with van der Waals surface area (Å²) in [5, 5.41) is 27.0. The molecule has 0 saturated carbocycles. The predicted molar refractivity (Wildman–Crippen MR) is 66.1 cm³/mol. The Morgan fingerprint density at radius 2 is 2.17 bits per heavy atom. The summed E-state index contributed by atoms with van der Waals surface area (Å²) < 4.78 is 5.32. The van der Waals surface area contributed by atoms with Crippen LogP contribution in [0.25, 0.3) is 0 Å². The molecular formula is C13H22O5. The monoisotopic (exact) mass is 258 g/mol. The molecule has 0 unspecified atom stereocenters. The molecule has 0 spiro atoms. The maximum absolute atomic E-state index is 10.3. The normalized spacial score (nSPS) is 25.7. The fourth-order valence-electron chi connectivity index (χ4n) is 2.18. The highest BCUT2D eigenvalue weighted by molar-refractivity contribution is 5.66. The van der Waals surface area contributed by atoms with E-state index in [0.717, 1.165) is 12.8 Å². The molecule has 1 heterocycles. The molecular weight excluding hydrogens is 236 g/mol. The number of hydrogen-bond acceptors (Lipinski definition) is 4. The predicted octanol–water partition coefficient (Wildman–Crippen LogP) is 0.803. The van der Waals surface area contributed by atoms with Gasteiger partial charge in [-0.2, -0.15) is 0 Å². The van der Waals surface area contributed by atoms with Crippen LogP contribution in [-0.2, 0) is 9.53 Å². The summed E-state index contributed by atoms with van der Waals surface area (Å²) >= 11 is 0. The highest BCUT2D eigenvalue weighted by Gasteiger charge is 2.32. The highest BCUT2D eigenvalue weighted by atomic mass is 16.5.